The second-order valence-electron chi connectivity index (χ2n) is 13.3. The molecule has 1 aliphatic carbocycles. The third-order valence-electron chi connectivity index (χ3n) is 10.6. The van der Waals surface area contributed by atoms with Crippen molar-refractivity contribution in [1.29, 1.82) is 0 Å². The second-order valence-corrected chi connectivity index (χ2v) is 14.4. The summed E-state index contributed by atoms with van der Waals surface area (Å²) in [4.78, 5) is 10.2. The monoisotopic (exact) mass is 668 g/mol. The molecule has 2 aromatic heterocycles. The van der Waals surface area contributed by atoms with E-state index in [9.17, 15) is 0 Å². The van der Waals surface area contributed by atoms with Crippen LogP contribution in [0, 0.1) is 0 Å². The summed E-state index contributed by atoms with van der Waals surface area (Å²) < 4.78 is 9.51. The lowest BCUT2D eigenvalue weighted by molar-refractivity contribution is 0.436. The van der Waals surface area contributed by atoms with Crippen LogP contribution < -0.4 is 4.74 Å². The van der Waals surface area contributed by atoms with Gasteiger partial charge in [0.2, 0.25) is 0 Å². The highest BCUT2D eigenvalue weighted by atomic mass is 32.1. The van der Waals surface area contributed by atoms with E-state index in [0.717, 1.165) is 50.7 Å². The van der Waals surface area contributed by atoms with Gasteiger partial charge < -0.3 is 4.74 Å². The van der Waals surface area contributed by atoms with Crippen LogP contribution in [0.4, 0.5) is 0 Å². The topological polar surface area (TPSA) is 35.0 Å². The first-order valence-electron chi connectivity index (χ1n) is 17.2. The van der Waals surface area contributed by atoms with Gasteiger partial charge >= 0.3 is 0 Å². The number of ether oxygens (including phenoxy) is 1. The van der Waals surface area contributed by atoms with Gasteiger partial charge in [0.05, 0.1) is 16.8 Å². The summed E-state index contributed by atoms with van der Waals surface area (Å²) in [6.45, 7) is 0. The number of para-hydroxylation sites is 1. The van der Waals surface area contributed by atoms with Crippen molar-refractivity contribution in [3.05, 3.63) is 192 Å². The maximum absolute atomic E-state index is 6.89. The average molecular weight is 669 g/mol. The first kappa shape index (κ1) is 28.5. The average Bonchev–Trinajstić information content (AvgIpc) is 3.70. The van der Waals surface area contributed by atoms with Crippen molar-refractivity contribution in [1.82, 2.24) is 9.97 Å². The van der Waals surface area contributed by atoms with Crippen LogP contribution in [0.2, 0.25) is 0 Å². The molecule has 0 amide bonds. The Morgan fingerprint density at radius 3 is 1.92 bits per heavy atom. The fourth-order valence-corrected chi connectivity index (χ4v) is 9.48. The van der Waals surface area contributed by atoms with Crippen LogP contribution >= 0.6 is 11.3 Å². The molecule has 0 bridgehead atoms. The first-order valence-corrected chi connectivity index (χ1v) is 18.1. The lowest BCUT2D eigenvalue weighted by Crippen LogP contribution is -2.32. The fourth-order valence-electron chi connectivity index (χ4n) is 8.35. The summed E-state index contributed by atoms with van der Waals surface area (Å²) in [5.41, 5.74) is 11.6. The molecule has 4 heteroatoms. The van der Waals surface area contributed by atoms with E-state index in [1.807, 2.05) is 47.7 Å². The Labute approximate surface area is 299 Å². The zero-order valence-corrected chi connectivity index (χ0v) is 28.2. The van der Waals surface area contributed by atoms with Gasteiger partial charge in [-0.05, 0) is 58.7 Å². The third-order valence-corrected chi connectivity index (χ3v) is 11.7. The molecule has 1 aliphatic heterocycles. The van der Waals surface area contributed by atoms with Gasteiger partial charge in [-0.3, -0.25) is 0 Å². The van der Waals surface area contributed by atoms with Gasteiger partial charge in [0.15, 0.2) is 5.82 Å². The van der Waals surface area contributed by atoms with Gasteiger partial charge in [-0.1, -0.05) is 133 Å². The summed E-state index contributed by atoms with van der Waals surface area (Å²) >= 11 is 1.87. The highest BCUT2D eigenvalue weighted by Gasteiger charge is 2.51. The molecule has 3 nitrogen and oxygen atoms in total. The molecule has 0 saturated carbocycles. The minimum Gasteiger partial charge on any atom is -0.457 e. The summed E-state index contributed by atoms with van der Waals surface area (Å²) in [6, 6.07) is 60.4. The highest BCUT2D eigenvalue weighted by molar-refractivity contribution is 7.25. The van der Waals surface area contributed by atoms with Crippen molar-refractivity contribution >= 4 is 31.5 Å². The van der Waals surface area contributed by atoms with E-state index in [2.05, 4.69) is 133 Å². The van der Waals surface area contributed by atoms with E-state index < -0.39 is 5.41 Å². The number of hydrogen-bond donors (Lipinski definition) is 0. The van der Waals surface area contributed by atoms with E-state index >= 15 is 0 Å². The minimum atomic E-state index is -0.554. The van der Waals surface area contributed by atoms with Crippen molar-refractivity contribution in [2.45, 2.75) is 5.41 Å². The Morgan fingerprint density at radius 1 is 0.412 bits per heavy atom. The van der Waals surface area contributed by atoms with E-state index in [4.69, 9.17) is 14.7 Å². The van der Waals surface area contributed by atoms with Gasteiger partial charge in [0.1, 0.15) is 11.5 Å². The largest absolute Gasteiger partial charge is 0.457 e. The summed E-state index contributed by atoms with van der Waals surface area (Å²) in [5.74, 6) is 2.40. The Morgan fingerprint density at radius 2 is 1.08 bits per heavy atom. The van der Waals surface area contributed by atoms with Gasteiger partial charge in [-0.25, -0.2) is 9.97 Å². The van der Waals surface area contributed by atoms with E-state index in [1.54, 1.807) is 0 Å². The predicted molar refractivity (Wildman–Crippen MR) is 209 cm³/mol. The van der Waals surface area contributed by atoms with Gasteiger partial charge in [-0.2, -0.15) is 0 Å². The normalized spacial score (nSPS) is 15.3. The minimum absolute atomic E-state index is 0.554. The molecule has 0 fully saturated rings. The molecule has 9 aromatic rings. The van der Waals surface area contributed by atoms with Gasteiger partial charge in [0.25, 0.3) is 0 Å². The molecule has 1 spiro atoms. The van der Waals surface area contributed by atoms with Crippen LogP contribution in [0.5, 0.6) is 11.5 Å². The van der Waals surface area contributed by atoms with Crippen LogP contribution in [0.15, 0.2) is 170 Å². The summed E-state index contributed by atoms with van der Waals surface area (Å²) in [7, 11) is 0. The number of fused-ring (bicyclic) bond motifs is 12. The summed E-state index contributed by atoms with van der Waals surface area (Å²) in [6.07, 6.45) is 0. The van der Waals surface area contributed by atoms with Crippen molar-refractivity contribution in [3.63, 3.8) is 0 Å². The molecule has 2 aliphatic rings. The molecule has 1 unspecified atom stereocenters. The van der Waals surface area contributed by atoms with Gasteiger partial charge in [-0.15, -0.1) is 11.3 Å². The number of thiophene rings is 1. The maximum atomic E-state index is 6.89. The van der Waals surface area contributed by atoms with Crippen molar-refractivity contribution in [2.24, 2.45) is 0 Å². The number of rotatable bonds is 3. The van der Waals surface area contributed by atoms with E-state index in [1.165, 1.54) is 42.4 Å². The first-order chi connectivity index (χ1) is 25.3. The molecule has 238 valence electrons. The molecular weight excluding hydrogens is 641 g/mol. The quantitative estimate of drug-likeness (QED) is 0.188. The Kier molecular flexibility index (Phi) is 6.04. The molecule has 7 aromatic carbocycles. The fraction of sp³-hybridized carbons (Fsp3) is 0.0213. The molecule has 1 atom stereocenters. The molecule has 11 rings (SSSR count). The van der Waals surface area contributed by atoms with Gasteiger partial charge in [0, 0.05) is 48.0 Å². The lowest BCUT2D eigenvalue weighted by atomic mass is 9.66. The molecule has 51 heavy (non-hydrogen) atoms. The SMILES string of the molecule is c1ccc(-c2cc(-c3ccc4c(c3)Oc3ccccc3C43c4ccccc4-c4cc5sc6ccccc6c5cc43)nc(-c3ccccc3)n2)cc1. The molecule has 0 saturated heterocycles. The molecule has 0 radical (unpaired) electrons. The smallest absolute Gasteiger partial charge is 0.160 e. The van der Waals surface area contributed by atoms with Crippen molar-refractivity contribution < 1.29 is 4.74 Å². The Balaban J connectivity index is 1.17. The van der Waals surface area contributed by atoms with Crippen molar-refractivity contribution in [2.75, 3.05) is 0 Å². The number of nitrogens with zero attached hydrogens (tertiary/aromatic N) is 2. The van der Waals surface area contributed by atoms with Crippen molar-refractivity contribution in [3.8, 4) is 56.5 Å². The zero-order valence-electron chi connectivity index (χ0n) is 27.4. The maximum Gasteiger partial charge on any atom is 0.160 e. The Hall–Kier alpha value is -6.36. The number of aromatic nitrogens is 2. The van der Waals surface area contributed by atoms with E-state index in [-0.39, 0.29) is 0 Å². The summed E-state index contributed by atoms with van der Waals surface area (Å²) in [5, 5.41) is 2.60. The third kappa shape index (κ3) is 4.11. The van der Waals surface area contributed by atoms with Crippen LogP contribution in [0.3, 0.4) is 0 Å². The molecular formula is C47H28N2OS. The van der Waals surface area contributed by atoms with E-state index in [0.29, 0.717) is 5.82 Å². The van der Waals surface area contributed by atoms with Crippen LogP contribution in [0.1, 0.15) is 22.3 Å². The second kappa shape index (κ2) is 10.8. The Bertz CT molecular complexity index is 2780. The molecule has 3 heterocycles. The zero-order chi connectivity index (χ0) is 33.5. The molecule has 0 N–H and O–H groups in total. The number of benzene rings is 7. The highest BCUT2D eigenvalue weighted by Crippen LogP contribution is 2.63. The van der Waals surface area contributed by atoms with Crippen LogP contribution in [-0.2, 0) is 5.41 Å². The number of hydrogen-bond acceptors (Lipinski definition) is 4. The lowest BCUT2D eigenvalue weighted by Gasteiger charge is -2.39. The predicted octanol–water partition coefficient (Wildman–Crippen LogP) is 12.3. The standard InChI is InChI=1S/C47H28N2OS/c1-3-13-29(14-4-1)40-28-41(49-46(48-40)30-15-5-2-6-16-30)31-23-24-38-43(25-31)50-42-21-11-10-20-37(42)47(38)36-19-9-7-17-32(36)34-27-45-35(26-39(34)47)33-18-8-12-22-44(33)51-45/h1-28H. The van der Waals surface area contributed by atoms with Crippen LogP contribution in [0.25, 0.3) is 65.2 Å². The van der Waals surface area contributed by atoms with Crippen LogP contribution in [-0.4, -0.2) is 9.97 Å².